The fourth-order valence-corrected chi connectivity index (χ4v) is 3.58. The van der Waals surface area contributed by atoms with Crippen LogP contribution in [0.2, 0.25) is 0 Å². The maximum atomic E-state index is 12.6. The molecule has 0 bridgehead atoms. The lowest BCUT2D eigenvalue weighted by Crippen LogP contribution is -2.49. The number of hydrogen-bond acceptors (Lipinski definition) is 4. The Labute approximate surface area is 172 Å². The van der Waals surface area contributed by atoms with Gasteiger partial charge in [-0.15, -0.1) is 0 Å². The van der Waals surface area contributed by atoms with Gasteiger partial charge in [0.25, 0.3) is 0 Å². The van der Waals surface area contributed by atoms with Crippen molar-refractivity contribution in [1.82, 2.24) is 14.9 Å². The average Bonchev–Trinajstić information content (AvgIpc) is 2.76. The summed E-state index contributed by atoms with van der Waals surface area (Å²) in [6.07, 6.45) is 2.09. The second-order valence-corrected chi connectivity index (χ2v) is 7.66. The summed E-state index contributed by atoms with van der Waals surface area (Å²) < 4.78 is 0. The van der Waals surface area contributed by atoms with E-state index in [1.165, 1.54) is 11.1 Å². The van der Waals surface area contributed by atoms with E-state index in [2.05, 4.69) is 65.1 Å². The van der Waals surface area contributed by atoms with Gasteiger partial charge in [0.05, 0.1) is 12.1 Å². The van der Waals surface area contributed by atoms with E-state index >= 15 is 0 Å². The standard InChI is InChI=1S/C24H26N4O/c1-18-3-7-20(8-4-18)15-24(29)28-13-11-27(12-14-28)23-16-22(25-17-26-23)21-9-5-19(2)6-10-21/h3-10,16-17H,11-15H2,1-2H3. The summed E-state index contributed by atoms with van der Waals surface area (Å²) in [5.74, 6) is 1.11. The van der Waals surface area contributed by atoms with Crippen molar-refractivity contribution in [3.8, 4) is 11.3 Å². The van der Waals surface area contributed by atoms with Crippen molar-refractivity contribution in [3.05, 3.63) is 77.6 Å². The van der Waals surface area contributed by atoms with E-state index in [-0.39, 0.29) is 5.91 Å². The largest absolute Gasteiger partial charge is 0.353 e. The van der Waals surface area contributed by atoms with Crippen molar-refractivity contribution >= 4 is 11.7 Å². The monoisotopic (exact) mass is 386 g/mol. The summed E-state index contributed by atoms with van der Waals surface area (Å²) in [5.41, 5.74) is 5.53. The first-order valence-corrected chi connectivity index (χ1v) is 10.1. The molecule has 2 heterocycles. The molecule has 1 fully saturated rings. The van der Waals surface area contributed by atoms with E-state index in [0.29, 0.717) is 19.5 Å². The number of amides is 1. The summed E-state index contributed by atoms with van der Waals surface area (Å²) in [6.45, 7) is 7.13. The van der Waals surface area contributed by atoms with E-state index in [0.717, 1.165) is 35.7 Å². The minimum Gasteiger partial charge on any atom is -0.353 e. The molecule has 0 atom stereocenters. The molecule has 0 saturated carbocycles. The fourth-order valence-electron chi connectivity index (χ4n) is 3.58. The number of aromatic nitrogens is 2. The highest BCUT2D eigenvalue weighted by molar-refractivity contribution is 5.79. The van der Waals surface area contributed by atoms with Gasteiger partial charge in [0.15, 0.2) is 0 Å². The van der Waals surface area contributed by atoms with Crippen LogP contribution in [0.1, 0.15) is 16.7 Å². The molecule has 1 aliphatic rings. The van der Waals surface area contributed by atoms with Gasteiger partial charge < -0.3 is 9.80 Å². The Morgan fingerprint density at radius 2 is 1.48 bits per heavy atom. The quantitative estimate of drug-likeness (QED) is 0.687. The summed E-state index contributed by atoms with van der Waals surface area (Å²) in [5, 5.41) is 0. The van der Waals surface area contributed by atoms with Gasteiger partial charge in [0.2, 0.25) is 5.91 Å². The predicted molar refractivity (Wildman–Crippen MR) is 116 cm³/mol. The van der Waals surface area contributed by atoms with Crippen molar-refractivity contribution in [2.24, 2.45) is 0 Å². The number of carbonyl (C=O) groups is 1. The van der Waals surface area contributed by atoms with Crippen LogP contribution in [0.15, 0.2) is 60.9 Å². The average molecular weight is 386 g/mol. The zero-order chi connectivity index (χ0) is 20.2. The first-order valence-electron chi connectivity index (χ1n) is 10.1. The van der Waals surface area contributed by atoms with Crippen LogP contribution in [0.25, 0.3) is 11.3 Å². The number of carbonyl (C=O) groups excluding carboxylic acids is 1. The van der Waals surface area contributed by atoms with Gasteiger partial charge in [-0.3, -0.25) is 4.79 Å². The SMILES string of the molecule is Cc1ccc(CC(=O)N2CCN(c3cc(-c4ccc(C)cc4)ncn3)CC2)cc1. The Hall–Kier alpha value is -3.21. The van der Waals surface area contributed by atoms with Crippen LogP contribution in [0.5, 0.6) is 0 Å². The minimum absolute atomic E-state index is 0.191. The smallest absolute Gasteiger partial charge is 0.227 e. The molecule has 1 aromatic heterocycles. The van der Waals surface area contributed by atoms with Crippen molar-refractivity contribution in [1.29, 1.82) is 0 Å². The van der Waals surface area contributed by atoms with Crippen LogP contribution in [0.4, 0.5) is 5.82 Å². The van der Waals surface area contributed by atoms with E-state index in [1.807, 2.05) is 23.1 Å². The zero-order valence-electron chi connectivity index (χ0n) is 17.0. The first-order chi connectivity index (χ1) is 14.1. The van der Waals surface area contributed by atoms with E-state index in [4.69, 9.17) is 0 Å². The number of piperazine rings is 1. The summed E-state index contributed by atoms with van der Waals surface area (Å²) in [4.78, 5) is 25.7. The molecule has 29 heavy (non-hydrogen) atoms. The predicted octanol–water partition coefficient (Wildman–Crippen LogP) is 3.65. The lowest BCUT2D eigenvalue weighted by molar-refractivity contribution is -0.130. The van der Waals surface area contributed by atoms with E-state index in [1.54, 1.807) is 6.33 Å². The molecule has 5 nitrogen and oxygen atoms in total. The normalized spacial score (nSPS) is 14.1. The maximum absolute atomic E-state index is 12.6. The molecular formula is C24H26N4O. The van der Waals surface area contributed by atoms with Crippen LogP contribution in [-0.4, -0.2) is 47.0 Å². The van der Waals surface area contributed by atoms with Crippen molar-refractivity contribution in [3.63, 3.8) is 0 Å². The van der Waals surface area contributed by atoms with Gasteiger partial charge in [-0.2, -0.15) is 0 Å². The van der Waals surface area contributed by atoms with Gasteiger partial charge in [-0.25, -0.2) is 9.97 Å². The fraction of sp³-hybridized carbons (Fsp3) is 0.292. The third-order valence-electron chi connectivity index (χ3n) is 5.43. The van der Waals surface area contributed by atoms with Gasteiger partial charge in [-0.1, -0.05) is 59.7 Å². The highest BCUT2D eigenvalue weighted by Gasteiger charge is 2.22. The molecule has 1 amide bonds. The highest BCUT2D eigenvalue weighted by Crippen LogP contribution is 2.22. The molecule has 0 unspecified atom stereocenters. The topological polar surface area (TPSA) is 49.3 Å². The van der Waals surface area contributed by atoms with E-state index in [9.17, 15) is 4.79 Å². The molecule has 0 spiro atoms. The molecule has 0 radical (unpaired) electrons. The van der Waals surface area contributed by atoms with Crippen LogP contribution < -0.4 is 4.90 Å². The van der Waals surface area contributed by atoms with Crippen LogP contribution >= 0.6 is 0 Å². The maximum Gasteiger partial charge on any atom is 0.227 e. The van der Waals surface area contributed by atoms with Crippen LogP contribution in [0.3, 0.4) is 0 Å². The summed E-state index contributed by atoms with van der Waals surface area (Å²) in [7, 11) is 0. The minimum atomic E-state index is 0.191. The number of aryl methyl sites for hydroxylation is 2. The number of benzene rings is 2. The molecule has 1 saturated heterocycles. The van der Waals surface area contributed by atoms with Gasteiger partial charge >= 0.3 is 0 Å². The Morgan fingerprint density at radius 1 is 0.862 bits per heavy atom. The van der Waals surface area contributed by atoms with Crippen LogP contribution in [0, 0.1) is 13.8 Å². The Bertz CT molecular complexity index is 975. The molecular weight excluding hydrogens is 360 g/mol. The Morgan fingerprint density at radius 3 is 2.14 bits per heavy atom. The second kappa shape index (κ2) is 8.43. The molecule has 3 aromatic rings. The van der Waals surface area contributed by atoms with Gasteiger partial charge in [-0.05, 0) is 19.4 Å². The summed E-state index contributed by atoms with van der Waals surface area (Å²) >= 11 is 0. The third-order valence-corrected chi connectivity index (χ3v) is 5.43. The number of anilines is 1. The van der Waals surface area contributed by atoms with E-state index < -0.39 is 0 Å². The lowest BCUT2D eigenvalue weighted by atomic mass is 10.1. The van der Waals surface area contributed by atoms with Crippen LogP contribution in [-0.2, 0) is 11.2 Å². The molecule has 0 aliphatic carbocycles. The lowest BCUT2D eigenvalue weighted by Gasteiger charge is -2.35. The van der Waals surface area contributed by atoms with Crippen molar-refractivity contribution in [2.75, 3.05) is 31.1 Å². The molecule has 5 heteroatoms. The van der Waals surface area contributed by atoms with Crippen molar-refractivity contribution in [2.45, 2.75) is 20.3 Å². The Kier molecular flexibility index (Phi) is 5.56. The van der Waals surface area contributed by atoms with Crippen molar-refractivity contribution < 1.29 is 4.79 Å². The van der Waals surface area contributed by atoms with Gasteiger partial charge in [0.1, 0.15) is 12.1 Å². The zero-order valence-corrected chi connectivity index (χ0v) is 17.0. The number of nitrogens with zero attached hydrogens (tertiary/aromatic N) is 4. The molecule has 148 valence electrons. The molecule has 1 aliphatic heterocycles. The third kappa shape index (κ3) is 4.62. The molecule has 2 aromatic carbocycles. The highest BCUT2D eigenvalue weighted by atomic mass is 16.2. The Balaban J connectivity index is 1.38. The first kappa shape index (κ1) is 19.1. The summed E-state index contributed by atoms with van der Waals surface area (Å²) in [6, 6.07) is 18.6. The molecule has 0 N–H and O–H groups in total. The number of rotatable bonds is 4. The molecule has 4 rings (SSSR count). The second-order valence-electron chi connectivity index (χ2n) is 7.66. The van der Waals surface area contributed by atoms with Gasteiger partial charge in [0, 0.05) is 37.8 Å². The number of hydrogen-bond donors (Lipinski definition) is 0.